The molecule has 2 unspecified atom stereocenters. The maximum absolute atomic E-state index is 2.74. The van der Waals surface area contributed by atoms with Gasteiger partial charge in [-0.05, 0) is 109 Å². The Balaban J connectivity index is 1.29. The molecule has 12 aliphatic carbocycles. The smallest absolute Gasteiger partial charge is 0.0159 e. The molecular weight excluding hydrogens is 312 g/mol. The van der Waals surface area contributed by atoms with E-state index in [1.165, 1.54) is 25.7 Å². The normalized spacial score (nSPS) is 66.8. The lowest BCUT2D eigenvalue weighted by Crippen LogP contribution is -2.65. The standard InChI is InChI=1S/C26H30/c1-2-14-4-3-13(1)21-17-9-10-18(22(14)21)26-20-12-11-19(25(17)26)23-15-5-7-16(8-6-15)24(20)23/h1-2,5,7,9-26H,3-4,6,8H2/t13-,14+,15+,16-,17-,18+,19+,20-,21+,22-,23-,24+,25?,26?. The Morgan fingerprint density at radius 1 is 0.308 bits per heavy atom. The highest BCUT2D eigenvalue weighted by Gasteiger charge is 2.66. The van der Waals surface area contributed by atoms with Crippen LogP contribution in [0, 0.1) is 82.9 Å². The molecule has 12 rings (SSSR count). The predicted molar refractivity (Wildman–Crippen MR) is 104 cm³/mol. The predicted octanol–water partition coefficient (Wildman–Crippen LogP) is 5.51. The minimum atomic E-state index is 0.899. The fourth-order valence-corrected chi connectivity index (χ4v) is 10.4. The first-order valence-corrected chi connectivity index (χ1v) is 11.6. The van der Waals surface area contributed by atoms with Crippen molar-refractivity contribution in [1.82, 2.24) is 0 Å². The van der Waals surface area contributed by atoms with Crippen molar-refractivity contribution >= 4 is 0 Å². The van der Waals surface area contributed by atoms with Gasteiger partial charge in [0, 0.05) is 0 Å². The zero-order valence-corrected chi connectivity index (χ0v) is 15.5. The molecule has 0 nitrogen and oxygen atoms in total. The maximum Gasteiger partial charge on any atom is -0.0159 e. The molecule has 8 bridgehead atoms. The molecule has 4 saturated carbocycles. The van der Waals surface area contributed by atoms with Crippen LogP contribution in [-0.4, -0.2) is 0 Å². The Kier molecular flexibility index (Phi) is 2.43. The molecule has 0 aromatic carbocycles. The van der Waals surface area contributed by atoms with Gasteiger partial charge in [0.05, 0.1) is 0 Å². The number of hydrogen-bond acceptors (Lipinski definition) is 0. The molecule has 134 valence electrons. The van der Waals surface area contributed by atoms with Crippen molar-refractivity contribution in [2.45, 2.75) is 25.7 Å². The molecule has 0 radical (unpaired) electrons. The number of allylic oxidation sites excluding steroid dienone is 8. The van der Waals surface area contributed by atoms with Crippen molar-refractivity contribution in [2.75, 3.05) is 0 Å². The monoisotopic (exact) mass is 342 g/mol. The summed E-state index contributed by atoms with van der Waals surface area (Å²) in [5.74, 6) is 13.2. The topological polar surface area (TPSA) is 0 Å². The van der Waals surface area contributed by atoms with Gasteiger partial charge in [0.1, 0.15) is 0 Å². The molecule has 0 amide bonds. The van der Waals surface area contributed by atoms with Gasteiger partial charge in [-0.15, -0.1) is 0 Å². The van der Waals surface area contributed by atoms with Crippen LogP contribution in [0.5, 0.6) is 0 Å². The zero-order chi connectivity index (χ0) is 16.6. The third-order valence-electron chi connectivity index (χ3n) is 10.9. The van der Waals surface area contributed by atoms with E-state index in [9.17, 15) is 0 Å². The minimum Gasteiger partial charge on any atom is -0.0848 e. The molecule has 0 saturated heterocycles. The fourth-order valence-electron chi connectivity index (χ4n) is 10.4. The Bertz CT molecular complexity index is 656. The summed E-state index contributed by atoms with van der Waals surface area (Å²) in [6, 6.07) is 0. The SMILES string of the molecule is C1=C[C@H]2CC[C@@H]1[C@@H]1[C@H]2[C@@H]2C=C[C@H]1C1C2[C@@H]2C=C[C@H]1[C@@H]1[C@H]2[C@@H]2C=C[C@H]1CC2. The van der Waals surface area contributed by atoms with E-state index >= 15 is 0 Å². The van der Waals surface area contributed by atoms with Crippen LogP contribution in [0.2, 0.25) is 0 Å². The van der Waals surface area contributed by atoms with Crippen LogP contribution in [0.25, 0.3) is 0 Å². The highest BCUT2D eigenvalue weighted by Crippen LogP contribution is 2.71. The summed E-state index contributed by atoms with van der Waals surface area (Å²) in [6.07, 6.45) is 27.5. The van der Waals surface area contributed by atoms with E-state index in [2.05, 4.69) is 48.6 Å². The lowest BCUT2D eigenvalue weighted by molar-refractivity contribution is -0.162. The van der Waals surface area contributed by atoms with Crippen LogP contribution in [0.4, 0.5) is 0 Å². The third-order valence-corrected chi connectivity index (χ3v) is 10.9. The highest BCUT2D eigenvalue weighted by atomic mass is 14.7. The molecule has 0 heterocycles. The average Bonchev–Trinajstić information content (AvgIpc) is 2.76. The maximum atomic E-state index is 2.74. The first kappa shape index (κ1) is 14.0. The van der Waals surface area contributed by atoms with E-state index in [0.717, 1.165) is 82.9 Å². The van der Waals surface area contributed by atoms with Gasteiger partial charge in [0.15, 0.2) is 0 Å². The van der Waals surface area contributed by atoms with Gasteiger partial charge in [-0.1, -0.05) is 48.6 Å². The number of fused-ring (bicyclic) bond motifs is 2. The minimum absolute atomic E-state index is 0.899. The molecule has 0 aromatic rings. The molecule has 14 atom stereocenters. The van der Waals surface area contributed by atoms with E-state index in [1.807, 2.05) is 0 Å². The van der Waals surface area contributed by atoms with Crippen LogP contribution >= 0.6 is 0 Å². The summed E-state index contributed by atoms with van der Waals surface area (Å²) in [6.45, 7) is 0. The largest absolute Gasteiger partial charge is 0.0848 e. The van der Waals surface area contributed by atoms with E-state index in [4.69, 9.17) is 0 Å². The summed E-state index contributed by atoms with van der Waals surface area (Å²) < 4.78 is 0. The first-order chi connectivity index (χ1) is 12.9. The lowest BCUT2D eigenvalue weighted by atomic mass is 9.34. The molecule has 26 heavy (non-hydrogen) atoms. The Labute approximate surface area is 157 Å². The summed E-state index contributed by atoms with van der Waals surface area (Å²) in [5, 5.41) is 0. The zero-order valence-electron chi connectivity index (χ0n) is 15.5. The van der Waals surface area contributed by atoms with Gasteiger partial charge in [-0.3, -0.25) is 0 Å². The third kappa shape index (κ3) is 1.40. The van der Waals surface area contributed by atoms with Crippen molar-refractivity contribution in [2.24, 2.45) is 82.9 Å². The van der Waals surface area contributed by atoms with E-state index in [1.54, 1.807) is 0 Å². The van der Waals surface area contributed by atoms with Gasteiger partial charge in [-0.2, -0.15) is 0 Å². The van der Waals surface area contributed by atoms with E-state index in [0.29, 0.717) is 0 Å². The van der Waals surface area contributed by atoms with Crippen LogP contribution in [-0.2, 0) is 0 Å². The van der Waals surface area contributed by atoms with E-state index < -0.39 is 0 Å². The Hall–Kier alpha value is -1.04. The molecule has 0 aromatic heterocycles. The van der Waals surface area contributed by atoms with Crippen molar-refractivity contribution in [1.29, 1.82) is 0 Å². The molecule has 4 fully saturated rings. The van der Waals surface area contributed by atoms with Crippen LogP contribution in [0.15, 0.2) is 48.6 Å². The molecule has 0 aliphatic heterocycles. The lowest BCUT2D eigenvalue weighted by Gasteiger charge is -2.70. The second kappa shape index (κ2) is 4.50. The van der Waals surface area contributed by atoms with E-state index in [-0.39, 0.29) is 0 Å². The Morgan fingerprint density at radius 3 is 0.808 bits per heavy atom. The summed E-state index contributed by atoms with van der Waals surface area (Å²) >= 11 is 0. The van der Waals surface area contributed by atoms with Gasteiger partial charge in [0.25, 0.3) is 0 Å². The summed E-state index contributed by atoms with van der Waals surface area (Å²) in [7, 11) is 0. The van der Waals surface area contributed by atoms with Crippen molar-refractivity contribution < 1.29 is 0 Å². The summed E-state index contributed by atoms with van der Waals surface area (Å²) in [5.41, 5.74) is 0. The van der Waals surface area contributed by atoms with Crippen LogP contribution in [0.3, 0.4) is 0 Å². The summed E-state index contributed by atoms with van der Waals surface area (Å²) in [4.78, 5) is 0. The second-order valence-electron chi connectivity index (χ2n) is 11.1. The molecule has 0 heteroatoms. The van der Waals surface area contributed by atoms with Gasteiger partial charge in [0.2, 0.25) is 0 Å². The van der Waals surface area contributed by atoms with Gasteiger partial charge in [-0.25, -0.2) is 0 Å². The first-order valence-electron chi connectivity index (χ1n) is 11.6. The molecule has 12 aliphatic rings. The molecule has 0 spiro atoms. The second-order valence-corrected chi connectivity index (χ2v) is 11.1. The van der Waals surface area contributed by atoms with Crippen LogP contribution in [0.1, 0.15) is 25.7 Å². The van der Waals surface area contributed by atoms with Crippen molar-refractivity contribution in [3.63, 3.8) is 0 Å². The van der Waals surface area contributed by atoms with Crippen molar-refractivity contribution in [3.8, 4) is 0 Å². The Morgan fingerprint density at radius 2 is 0.577 bits per heavy atom. The van der Waals surface area contributed by atoms with Gasteiger partial charge >= 0.3 is 0 Å². The highest BCUT2D eigenvalue weighted by molar-refractivity contribution is 5.32. The quantitative estimate of drug-likeness (QED) is 0.509. The number of hydrogen-bond donors (Lipinski definition) is 0. The molecular formula is C26H30. The van der Waals surface area contributed by atoms with Gasteiger partial charge < -0.3 is 0 Å². The fraction of sp³-hybridized carbons (Fsp3) is 0.692. The average molecular weight is 343 g/mol. The van der Waals surface area contributed by atoms with Crippen LogP contribution < -0.4 is 0 Å². The molecule has 0 N–H and O–H groups in total. The number of rotatable bonds is 0. The van der Waals surface area contributed by atoms with Crippen molar-refractivity contribution in [3.05, 3.63) is 48.6 Å².